The molecule has 3 amide bonds. The Kier molecular flexibility index (Phi) is 5.87. The summed E-state index contributed by atoms with van der Waals surface area (Å²) >= 11 is 0. The highest BCUT2D eigenvalue weighted by Gasteiger charge is 2.34. The Hall–Kier alpha value is -3.35. The lowest BCUT2D eigenvalue weighted by molar-refractivity contribution is -0.147. The van der Waals surface area contributed by atoms with Crippen molar-refractivity contribution >= 4 is 29.1 Å². The molecule has 0 bridgehead atoms. The molecule has 3 rings (SSSR count). The van der Waals surface area contributed by atoms with Gasteiger partial charge in [-0.05, 0) is 56.2 Å². The van der Waals surface area contributed by atoms with E-state index in [2.05, 4.69) is 5.32 Å². The van der Waals surface area contributed by atoms with E-state index in [-0.39, 0.29) is 19.0 Å². The van der Waals surface area contributed by atoms with E-state index in [1.807, 2.05) is 32.9 Å². The molecule has 1 fully saturated rings. The number of amides is 3. The van der Waals surface area contributed by atoms with Gasteiger partial charge in [-0.1, -0.05) is 17.7 Å². The number of methoxy groups -OCH3 is 1. The molecule has 2 aromatic carbocycles. The number of carbonyl (C=O) groups is 3. The number of aryl methyl sites for hydroxylation is 3. The molecular formula is C22H25N3O4. The third kappa shape index (κ3) is 4.39. The molecule has 0 unspecified atom stereocenters. The lowest BCUT2D eigenvalue weighted by Gasteiger charge is -2.33. The maximum atomic E-state index is 12.5. The van der Waals surface area contributed by atoms with Gasteiger partial charge in [0.25, 0.3) is 0 Å². The van der Waals surface area contributed by atoms with Crippen LogP contribution in [0.1, 0.15) is 16.7 Å². The number of rotatable bonds is 5. The number of hydrogen-bond acceptors (Lipinski definition) is 4. The standard InChI is InChI=1S/C22H25N3O4/c1-14-11-15(2)20(16(3)12-14)23-19(26)13-24-9-10-25(22(28)21(24)27)17-5-7-18(29-4)8-6-17/h5-8,11-12H,9-10,13H2,1-4H3,(H,23,26). The SMILES string of the molecule is COc1ccc(N2CCN(CC(=O)Nc3c(C)cc(C)cc3C)C(=O)C2=O)cc1. The minimum absolute atomic E-state index is 0.159. The molecule has 0 aliphatic carbocycles. The average Bonchev–Trinajstić information content (AvgIpc) is 2.68. The zero-order chi connectivity index (χ0) is 21.1. The van der Waals surface area contributed by atoms with Gasteiger partial charge >= 0.3 is 11.8 Å². The van der Waals surface area contributed by atoms with Gasteiger partial charge in [0.15, 0.2) is 0 Å². The second kappa shape index (κ2) is 8.34. The van der Waals surface area contributed by atoms with Crippen LogP contribution in [-0.4, -0.2) is 49.4 Å². The van der Waals surface area contributed by atoms with Crippen molar-refractivity contribution in [3.63, 3.8) is 0 Å². The molecule has 29 heavy (non-hydrogen) atoms. The minimum Gasteiger partial charge on any atom is -0.497 e. The summed E-state index contributed by atoms with van der Waals surface area (Å²) in [6.07, 6.45) is 0. The van der Waals surface area contributed by atoms with Crippen molar-refractivity contribution in [3.8, 4) is 5.75 Å². The third-order valence-electron chi connectivity index (χ3n) is 4.97. The molecule has 1 heterocycles. The van der Waals surface area contributed by atoms with Crippen LogP contribution < -0.4 is 15.0 Å². The molecule has 1 saturated heterocycles. The van der Waals surface area contributed by atoms with Gasteiger partial charge in [0.2, 0.25) is 5.91 Å². The van der Waals surface area contributed by atoms with Gasteiger partial charge in [0.05, 0.1) is 7.11 Å². The van der Waals surface area contributed by atoms with Crippen LogP contribution in [-0.2, 0) is 14.4 Å². The highest BCUT2D eigenvalue weighted by molar-refractivity contribution is 6.41. The Bertz CT molecular complexity index is 930. The number of hydrogen-bond donors (Lipinski definition) is 1. The molecule has 0 atom stereocenters. The van der Waals surface area contributed by atoms with Crippen molar-refractivity contribution in [1.82, 2.24) is 4.90 Å². The maximum Gasteiger partial charge on any atom is 0.316 e. The van der Waals surface area contributed by atoms with Crippen molar-refractivity contribution in [3.05, 3.63) is 53.1 Å². The topological polar surface area (TPSA) is 79.0 Å². The predicted molar refractivity (Wildman–Crippen MR) is 111 cm³/mol. The van der Waals surface area contributed by atoms with Crippen LogP contribution in [0.25, 0.3) is 0 Å². The second-order valence-electron chi connectivity index (χ2n) is 7.20. The molecule has 0 spiro atoms. The van der Waals surface area contributed by atoms with E-state index in [0.29, 0.717) is 18.0 Å². The fourth-order valence-corrected chi connectivity index (χ4v) is 3.56. The van der Waals surface area contributed by atoms with Crippen LogP contribution in [0.4, 0.5) is 11.4 Å². The zero-order valence-electron chi connectivity index (χ0n) is 17.1. The first kappa shape index (κ1) is 20.4. The van der Waals surface area contributed by atoms with E-state index in [9.17, 15) is 14.4 Å². The lowest BCUT2D eigenvalue weighted by Crippen LogP contribution is -2.56. The van der Waals surface area contributed by atoms with E-state index >= 15 is 0 Å². The number of benzene rings is 2. The summed E-state index contributed by atoms with van der Waals surface area (Å²) in [5, 5.41) is 2.87. The molecular weight excluding hydrogens is 370 g/mol. The minimum atomic E-state index is -0.681. The molecule has 0 radical (unpaired) electrons. The quantitative estimate of drug-likeness (QED) is 0.789. The van der Waals surface area contributed by atoms with Gasteiger partial charge in [0.1, 0.15) is 12.3 Å². The van der Waals surface area contributed by atoms with Crippen LogP contribution in [0, 0.1) is 20.8 Å². The summed E-state index contributed by atoms with van der Waals surface area (Å²) in [6, 6.07) is 10.9. The Labute approximate surface area is 170 Å². The van der Waals surface area contributed by atoms with Crippen molar-refractivity contribution in [2.24, 2.45) is 0 Å². The van der Waals surface area contributed by atoms with Crippen molar-refractivity contribution in [2.45, 2.75) is 20.8 Å². The molecule has 0 saturated carbocycles. The van der Waals surface area contributed by atoms with Gasteiger partial charge in [-0.2, -0.15) is 0 Å². The summed E-state index contributed by atoms with van der Waals surface area (Å²) < 4.78 is 5.11. The molecule has 1 N–H and O–H groups in total. The van der Waals surface area contributed by atoms with E-state index in [0.717, 1.165) is 22.4 Å². The Morgan fingerprint density at radius 3 is 2.21 bits per heavy atom. The maximum absolute atomic E-state index is 12.5. The molecule has 152 valence electrons. The Morgan fingerprint density at radius 1 is 1.00 bits per heavy atom. The van der Waals surface area contributed by atoms with Gasteiger partial charge in [-0.15, -0.1) is 0 Å². The first-order valence-electron chi connectivity index (χ1n) is 9.42. The Morgan fingerprint density at radius 2 is 1.62 bits per heavy atom. The number of nitrogens with one attached hydrogen (secondary N) is 1. The fraction of sp³-hybridized carbons (Fsp3) is 0.318. The van der Waals surface area contributed by atoms with E-state index in [1.165, 1.54) is 9.80 Å². The summed E-state index contributed by atoms with van der Waals surface area (Å²) in [4.78, 5) is 40.3. The lowest BCUT2D eigenvalue weighted by atomic mass is 10.1. The summed E-state index contributed by atoms with van der Waals surface area (Å²) in [5.41, 5.74) is 4.41. The van der Waals surface area contributed by atoms with Crippen molar-refractivity contribution in [2.75, 3.05) is 37.0 Å². The van der Waals surface area contributed by atoms with Crippen LogP contribution >= 0.6 is 0 Å². The van der Waals surface area contributed by atoms with Crippen LogP contribution in [0.15, 0.2) is 36.4 Å². The number of ether oxygens (including phenoxy) is 1. The largest absolute Gasteiger partial charge is 0.497 e. The van der Waals surface area contributed by atoms with E-state index in [1.54, 1.807) is 31.4 Å². The van der Waals surface area contributed by atoms with Gasteiger partial charge in [0, 0.05) is 24.5 Å². The Balaban J connectivity index is 1.65. The van der Waals surface area contributed by atoms with E-state index < -0.39 is 11.8 Å². The van der Waals surface area contributed by atoms with Gasteiger partial charge in [-0.25, -0.2) is 0 Å². The second-order valence-corrected chi connectivity index (χ2v) is 7.20. The summed E-state index contributed by atoms with van der Waals surface area (Å²) in [5.74, 6) is -0.972. The van der Waals surface area contributed by atoms with Crippen LogP contribution in [0.3, 0.4) is 0 Å². The molecule has 7 heteroatoms. The molecule has 0 aromatic heterocycles. The molecule has 1 aliphatic heterocycles. The smallest absolute Gasteiger partial charge is 0.316 e. The first-order chi connectivity index (χ1) is 13.8. The van der Waals surface area contributed by atoms with Crippen molar-refractivity contribution < 1.29 is 19.1 Å². The summed E-state index contributed by atoms with van der Waals surface area (Å²) in [6.45, 7) is 6.31. The van der Waals surface area contributed by atoms with Crippen LogP contribution in [0.2, 0.25) is 0 Å². The number of carbonyl (C=O) groups excluding carboxylic acids is 3. The first-order valence-corrected chi connectivity index (χ1v) is 9.42. The summed E-state index contributed by atoms with van der Waals surface area (Å²) in [7, 11) is 1.56. The van der Waals surface area contributed by atoms with E-state index in [4.69, 9.17) is 4.74 Å². The molecule has 2 aromatic rings. The third-order valence-corrected chi connectivity index (χ3v) is 4.97. The molecule has 7 nitrogen and oxygen atoms in total. The number of anilines is 2. The van der Waals surface area contributed by atoms with Gasteiger partial charge in [-0.3, -0.25) is 14.4 Å². The predicted octanol–water partition coefficient (Wildman–Crippen LogP) is 2.43. The van der Waals surface area contributed by atoms with Crippen molar-refractivity contribution in [1.29, 1.82) is 0 Å². The highest BCUT2D eigenvalue weighted by atomic mass is 16.5. The average molecular weight is 395 g/mol. The fourth-order valence-electron chi connectivity index (χ4n) is 3.56. The van der Waals surface area contributed by atoms with Gasteiger partial charge < -0.3 is 19.9 Å². The highest BCUT2D eigenvalue weighted by Crippen LogP contribution is 2.23. The monoisotopic (exact) mass is 395 g/mol. The zero-order valence-corrected chi connectivity index (χ0v) is 17.1. The number of nitrogens with zero attached hydrogens (tertiary/aromatic N) is 2. The normalized spacial score (nSPS) is 14.2. The molecule has 1 aliphatic rings. The van der Waals surface area contributed by atoms with Crippen LogP contribution in [0.5, 0.6) is 5.75 Å². The number of piperazine rings is 1.